The smallest absolute Gasteiger partial charge is 0.279 e. The van der Waals surface area contributed by atoms with Gasteiger partial charge in [0, 0.05) is 15.4 Å². The number of hydrogen-bond donors (Lipinski definition) is 1. The molecule has 2 heterocycles. The summed E-state index contributed by atoms with van der Waals surface area (Å²) in [4.78, 5) is 16.9. The van der Waals surface area contributed by atoms with Crippen LogP contribution in [0.5, 0.6) is 0 Å². The number of amides is 1. The molecular weight excluding hydrogens is 426 g/mol. The van der Waals surface area contributed by atoms with Gasteiger partial charge in [0.2, 0.25) is 0 Å². The van der Waals surface area contributed by atoms with E-state index in [4.69, 9.17) is 0 Å². The van der Waals surface area contributed by atoms with Crippen LogP contribution in [0.2, 0.25) is 0 Å². The number of carbonyl (C=O) groups is 1. The summed E-state index contributed by atoms with van der Waals surface area (Å²) in [6.45, 7) is 0.561. The molecule has 4 rings (SSSR count). The summed E-state index contributed by atoms with van der Waals surface area (Å²) in [5.41, 5.74) is 3.14. The highest BCUT2D eigenvalue weighted by atomic mass is 79.9. The van der Waals surface area contributed by atoms with Crippen molar-refractivity contribution in [1.29, 1.82) is 0 Å². The lowest BCUT2D eigenvalue weighted by atomic mass is 10.2. The Kier molecular flexibility index (Phi) is 5.08. The van der Waals surface area contributed by atoms with E-state index < -0.39 is 0 Å². The normalized spacial score (nSPS) is 10.7. The molecule has 0 aliphatic carbocycles. The quantitative estimate of drug-likeness (QED) is 0.497. The molecule has 1 amide bonds. The molecule has 1 N–H and O–H groups in total. The predicted octanol–water partition coefficient (Wildman–Crippen LogP) is 4.46. The molecular formula is C19H14BrN5OS. The van der Waals surface area contributed by atoms with E-state index >= 15 is 0 Å². The first-order valence-corrected chi connectivity index (χ1v) is 9.81. The molecule has 0 bridgehead atoms. The van der Waals surface area contributed by atoms with Crippen molar-refractivity contribution in [3.63, 3.8) is 0 Å². The minimum atomic E-state index is -0.329. The van der Waals surface area contributed by atoms with Crippen LogP contribution in [0.4, 0.5) is 5.13 Å². The van der Waals surface area contributed by atoms with Gasteiger partial charge in [-0.3, -0.25) is 10.1 Å². The summed E-state index contributed by atoms with van der Waals surface area (Å²) in [5, 5.41) is 13.2. The Bertz CT molecular complexity index is 1080. The van der Waals surface area contributed by atoms with Crippen LogP contribution in [0.1, 0.15) is 16.1 Å². The van der Waals surface area contributed by atoms with Crippen molar-refractivity contribution in [2.24, 2.45) is 0 Å². The Morgan fingerprint density at radius 1 is 1.15 bits per heavy atom. The number of anilines is 1. The van der Waals surface area contributed by atoms with E-state index in [1.807, 2.05) is 60.0 Å². The highest BCUT2D eigenvalue weighted by molar-refractivity contribution is 9.10. The van der Waals surface area contributed by atoms with E-state index in [2.05, 4.69) is 36.5 Å². The fourth-order valence-corrected chi connectivity index (χ4v) is 3.64. The van der Waals surface area contributed by atoms with Gasteiger partial charge in [0.1, 0.15) is 0 Å². The highest BCUT2D eigenvalue weighted by Crippen LogP contribution is 2.27. The zero-order chi connectivity index (χ0) is 18.6. The third-order valence-corrected chi connectivity index (χ3v) is 5.05. The lowest BCUT2D eigenvalue weighted by molar-refractivity contribution is 0.102. The maximum Gasteiger partial charge on any atom is 0.279 e. The molecule has 0 aliphatic rings. The number of aromatic nitrogens is 4. The molecule has 0 saturated carbocycles. The summed E-state index contributed by atoms with van der Waals surface area (Å²) in [6.07, 6.45) is 1.63. The molecule has 4 aromatic rings. The van der Waals surface area contributed by atoms with Crippen molar-refractivity contribution < 1.29 is 4.79 Å². The molecule has 8 heteroatoms. The van der Waals surface area contributed by atoms with E-state index in [1.165, 1.54) is 11.3 Å². The van der Waals surface area contributed by atoms with Gasteiger partial charge in [0.15, 0.2) is 10.8 Å². The largest absolute Gasteiger partial charge is 0.296 e. The van der Waals surface area contributed by atoms with Crippen LogP contribution in [0.15, 0.2) is 70.6 Å². The zero-order valence-electron chi connectivity index (χ0n) is 14.0. The van der Waals surface area contributed by atoms with Crippen LogP contribution in [0, 0.1) is 0 Å². The Morgan fingerprint density at radius 3 is 2.81 bits per heavy atom. The van der Waals surface area contributed by atoms with Crippen LogP contribution >= 0.6 is 27.3 Å². The van der Waals surface area contributed by atoms with E-state index in [9.17, 15) is 4.79 Å². The Morgan fingerprint density at radius 2 is 2.00 bits per heavy atom. The Balaban J connectivity index is 1.44. The molecule has 0 radical (unpaired) electrons. The van der Waals surface area contributed by atoms with Crippen molar-refractivity contribution >= 4 is 38.3 Å². The van der Waals surface area contributed by atoms with Gasteiger partial charge in [-0.1, -0.05) is 63.6 Å². The van der Waals surface area contributed by atoms with Crippen LogP contribution in [0.3, 0.4) is 0 Å². The van der Waals surface area contributed by atoms with E-state index in [1.54, 1.807) is 10.9 Å². The van der Waals surface area contributed by atoms with Crippen molar-refractivity contribution in [2.45, 2.75) is 6.54 Å². The van der Waals surface area contributed by atoms with Crippen molar-refractivity contribution in [3.05, 3.63) is 81.9 Å². The number of halogens is 1. The number of benzene rings is 2. The molecule has 0 saturated heterocycles. The standard InChI is InChI=1S/C19H14BrN5OS/c20-15-8-4-7-14(9-15)17-12-27-19(21-17)22-18(26)16-11-25(24-23-16)10-13-5-2-1-3-6-13/h1-9,11-12H,10H2,(H,21,22,26). The average molecular weight is 440 g/mol. The van der Waals surface area contributed by atoms with Crippen LogP contribution < -0.4 is 5.32 Å². The number of thiazole rings is 1. The number of nitrogens with one attached hydrogen (secondary N) is 1. The molecule has 0 aliphatic heterocycles. The second-order valence-corrected chi connectivity index (χ2v) is 7.56. The molecule has 0 fully saturated rings. The summed E-state index contributed by atoms with van der Waals surface area (Å²) >= 11 is 4.82. The van der Waals surface area contributed by atoms with Gasteiger partial charge in [-0.05, 0) is 17.7 Å². The minimum absolute atomic E-state index is 0.255. The molecule has 2 aromatic carbocycles. The van der Waals surface area contributed by atoms with Crippen LogP contribution in [-0.4, -0.2) is 25.9 Å². The fraction of sp³-hybridized carbons (Fsp3) is 0.0526. The van der Waals surface area contributed by atoms with Crippen molar-refractivity contribution in [1.82, 2.24) is 20.0 Å². The predicted molar refractivity (Wildman–Crippen MR) is 109 cm³/mol. The summed E-state index contributed by atoms with van der Waals surface area (Å²) in [5.74, 6) is -0.329. The first-order valence-electron chi connectivity index (χ1n) is 8.14. The van der Waals surface area contributed by atoms with Gasteiger partial charge >= 0.3 is 0 Å². The first kappa shape index (κ1) is 17.6. The zero-order valence-corrected chi connectivity index (χ0v) is 16.4. The van der Waals surface area contributed by atoms with Gasteiger partial charge in [-0.15, -0.1) is 16.4 Å². The third-order valence-electron chi connectivity index (χ3n) is 3.80. The van der Waals surface area contributed by atoms with E-state index in [-0.39, 0.29) is 11.6 Å². The van der Waals surface area contributed by atoms with Gasteiger partial charge in [-0.25, -0.2) is 9.67 Å². The van der Waals surface area contributed by atoms with Crippen molar-refractivity contribution in [2.75, 3.05) is 5.32 Å². The van der Waals surface area contributed by atoms with Crippen LogP contribution in [0.25, 0.3) is 11.3 Å². The molecule has 2 aromatic heterocycles. The maximum absolute atomic E-state index is 12.4. The molecule has 6 nitrogen and oxygen atoms in total. The van der Waals surface area contributed by atoms with Gasteiger partial charge in [0.25, 0.3) is 5.91 Å². The number of hydrogen-bond acceptors (Lipinski definition) is 5. The maximum atomic E-state index is 12.4. The second kappa shape index (κ2) is 7.81. The van der Waals surface area contributed by atoms with E-state index in [0.29, 0.717) is 11.7 Å². The number of nitrogens with zero attached hydrogens (tertiary/aromatic N) is 4. The number of rotatable bonds is 5. The number of carbonyl (C=O) groups excluding carboxylic acids is 1. The molecule has 0 atom stereocenters. The van der Waals surface area contributed by atoms with Gasteiger partial charge in [-0.2, -0.15) is 0 Å². The monoisotopic (exact) mass is 439 g/mol. The molecule has 0 unspecified atom stereocenters. The van der Waals surface area contributed by atoms with Gasteiger partial charge < -0.3 is 0 Å². The lowest BCUT2D eigenvalue weighted by Gasteiger charge is -2.00. The van der Waals surface area contributed by atoms with Crippen molar-refractivity contribution in [3.8, 4) is 11.3 Å². The topological polar surface area (TPSA) is 72.7 Å². The molecule has 27 heavy (non-hydrogen) atoms. The molecule has 0 spiro atoms. The minimum Gasteiger partial charge on any atom is -0.296 e. The van der Waals surface area contributed by atoms with Gasteiger partial charge in [0.05, 0.1) is 18.4 Å². The average Bonchev–Trinajstić information content (AvgIpc) is 3.32. The van der Waals surface area contributed by atoms with E-state index in [0.717, 1.165) is 21.3 Å². The first-order chi connectivity index (χ1) is 13.2. The molecule has 134 valence electrons. The second-order valence-electron chi connectivity index (χ2n) is 5.79. The summed E-state index contributed by atoms with van der Waals surface area (Å²) in [7, 11) is 0. The highest BCUT2D eigenvalue weighted by Gasteiger charge is 2.14. The fourth-order valence-electron chi connectivity index (χ4n) is 2.52. The summed E-state index contributed by atoms with van der Waals surface area (Å²) < 4.78 is 2.62. The van der Waals surface area contributed by atoms with Crippen LogP contribution in [-0.2, 0) is 6.54 Å². The Labute approximate surface area is 168 Å². The SMILES string of the molecule is O=C(Nc1nc(-c2cccc(Br)c2)cs1)c1cn(Cc2ccccc2)nn1. The third kappa shape index (κ3) is 4.29. The summed E-state index contributed by atoms with van der Waals surface area (Å²) in [6, 6.07) is 17.7. The Hall–Kier alpha value is -2.84. The lowest BCUT2D eigenvalue weighted by Crippen LogP contribution is -2.12.